The van der Waals surface area contributed by atoms with Crippen LogP contribution in [0.15, 0.2) is 30.0 Å². The fourth-order valence-corrected chi connectivity index (χ4v) is 4.01. The number of thiazole rings is 1. The maximum atomic E-state index is 11.8. The van der Waals surface area contributed by atoms with Gasteiger partial charge in [-0.3, -0.25) is 14.8 Å². The van der Waals surface area contributed by atoms with Gasteiger partial charge in [-0.05, 0) is 6.07 Å². The van der Waals surface area contributed by atoms with Crippen LogP contribution in [0.3, 0.4) is 0 Å². The van der Waals surface area contributed by atoms with Crippen molar-refractivity contribution in [1.29, 1.82) is 0 Å². The van der Waals surface area contributed by atoms with E-state index in [1.54, 1.807) is 23.3 Å². The fourth-order valence-electron chi connectivity index (χ4n) is 3.32. The van der Waals surface area contributed by atoms with Crippen molar-refractivity contribution in [2.45, 2.75) is 12.5 Å². The molecule has 0 aliphatic carbocycles. The average Bonchev–Trinajstić information content (AvgIpc) is 3.54. The summed E-state index contributed by atoms with van der Waals surface area (Å²) >= 11 is 1.30. The van der Waals surface area contributed by atoms with Crippen molar-refractivity contribution in [1.82, 2.24) is 34.6 Å². The molecule has 31 heavy (non-hydrogen) atoms. The van der Waals surface area contributed by atoms with Crippen LogP contribution in [0.1, 0.15) is 16.9 Å². The topological polar surface area (TPSA) is 121 Å². The van der Waals surface area contributed by atoms with Crippen LogP contribution in [0.25, 0.3) is 16.7 Å². The largest absolute Gasteiger partial charge is 0.470 e. The molecule has 2 N–H and O–H groups in total. The zero-order chi connectivity index (χ0) is 21.4. The average molecular weight is 440 g/mol. The molecule has 0 spiro atoms. The number of carbonyl (C=O) groups excluding carboxylic acids is 1. The Bertz CT molecular complexity index is 1240. The summed E-state index contributed by atoms with van der Waals surface area (Å²) in [5, 5.41) is 12.1. The monoisotopic (exact) mass is 440 g/mol. The molecule has 1 aliphatic heterocycles. The molecule has 5 rings (SSSR count). The van der Waals surface area contributed by atoms with E-state index in [4.69, 9.17) is 9.47 Å². The molecular formula is C19H20N8O3S. The highest BCUT2D eigenvalue weighted by Gasteiger charge is 2.23. The molecule has 1 saturated heterocycles. The van der Waals surface area contributed by atoms with Crippen LogP contribution in [-0.4, -0.2) is 61.6 Å². The summed E-state index contributed by atoms with van der Waals surface area (Å²) in [4.78, 5) is 25.3. The second-order valence-corrected chi connectivity index (χ2v) is 7.85. The van der Waals surface area contributed by atoms with E-state index >= 15 is 0 Å². The van der Waals surface area contributed by atoms with Crippen molar-refractivity contribution < 1.29 is 14.3 Å². The van der Waals surface area contributed by atoms with Gasteiger partial charge in [-0.1, -0.05) is 0 Å². The van der Waals surface area contributed by atoms with Gasteiger partial charge in [0.1, 0.15) is 17.3 Å². The quantitative estimate of drug-likeness (QED) is 0.466. The summed E-state index contributed by atoms with van der Waals surface area (Å²) in [5.41, 5.74) is 2.66. The van der Waals surface area contributed by atoms with Crippen molar-refractivity contribution in [2.24, 2.45) is 7.05 Å². The zero-order valence-corrected chi connectivity index (χ0v) is 17.7. The van der Waals surface area contributed by atoms with Gasteiger partial charge in [0.15, 0.2) is 5.13 Å². The number of aromatic nitrogens is 6. The van der Waals surface area contributed by atoms with Crippen molar-refractivity contribution in [2.75, 3.05) is 25.6 Å². The van der Waals surface area contributed by atoms with Gasteiger partial charge < -0.3 is 19.4 Å². The first-order valence-electron chi connectivity index (χ1n) is 9.68. The number of hydrogen-bond donors (Lipinski definition) is 2. The van der Waals surface area contributed by atoms with Crippen LogP contribution in [-0.2, 0) is 11.8 Å². The van der Waals surface area contributed by atoms with Gasteiger partial charge in [0, 0.05) is 38.3 Å². The molecule has 0 aromatic carbocycles. The number of fused-ring (bicyclic) bond motifs is 1. The summed E-state index contributed by atoms with van der Waals surface area (Å²) in [6.45, 7) is 1.18. The summed E-state index contributed by atoms with van der Waals surface area (Å²) in [6.07, 6.45) is 6.30. The molecule has 0 bridgehead atoms. The molecule has 1 amide bonds. The molecule has 1 fully saturated rings. The molecule has 11 nitrogen and oxygen atoms in total. The number of ether oxygens (including phenoxy) is 2. The molecule has 1 aliphatic rings. The first-order chi connectivity index (χ1) is 15.1. The van der Waals surface area contributed by atoms with Crippen LogP contribution >= 0.6 is 11.3 Å². The van der Waals surface area contributed by atoms with Crippen molar-refractivity contribution in [3.8, 4) is 11.6 Å². The molecule has 4 aromatic heterocycles. The Hall–Kier alpha value is -3.51. The van der Waals surface area contributed by atoms with Crippen molar-refractivity contribution in [3.05, 3.63) is 35.7 Å². The minimum Gasteiger partial charge on any atom is -0.470 e. The van der Waals surface area contributed by atoms with E-state index in [1.807, 2.05) is 30.1 Å². The van der Waals surface area contributed by atoms with Crippen LogP contribution < -0.4 is 15.4 Å². The minimum atomic E-state index is -0.250. The number of hydrogen-bond acceptors (Lipinski definition) is 9. The van der Waals surface area contributed by atoms with Gasteiger partial charge in [0.05, 0.1) is 30.6 Å². The molecule has 160 valence electrons. The summed E-state index contributed by atoms with van der Waals surface area (Å²) in [7, 11) is 3.43. The fraction of sp³-hybridized carbons (Fsp3) is 0.316. The third kappa shape index (κ3) is 3.82. The number of nitrogens with zero attached hydrogens (tertiary/aromatic N) is 6. The highest BCUT2D eigenvalue weighted by atomic mass is 32.1. The molecule has 5 heterocycles. The van der Waals surface area contributed by atoms with Gasteiger partial charge in [0.25, 0.3) is 5.91 Å². The van der Waals surface area contributed by atoms with E-state index in [9.17, 15) is 4.79 Å². The number of carbonyl (C=O) groups is 1. The van der Waals surface area contributed by atoms with Gasteiger partial charge in [-0.25, -0.2) is 9.97 Å². The third-order valence-corrected chi connectivity index (χ3v) is 5.58. The number of anilines is 2. The van der Waals surface area contributed by atoms with Crippen molar-refractivity contribution in [3.63, 3.8) is 0 Å². The first-order valence-corrected chi connectivity index (χ1v) is 10.6. The van der Waals surface area contributed by atoms with E-state index in [0.717, 1.165) is 17.6 Å². The van der Waals surface area contributed by atoms with Crippen molar-refractivity contribution >= 4 is 39.4 Å². The minimum absolute atomic E-state index is 0.0806. The number of rotatable bonds is 6. The van der Waals surface area contributed by atoms with Gasteiger partial charge in [0.2, 0.25) is 11.8 Å². The van der Waals surface area contributed by atoms with E-state index in [-0.39, 0.29) is 12.0 Å². The lowest BCUT2D eigenvalue weighted by molar-refractivity contribution is 0.0959. The Labute approximate surface area is 181 Å². The Morgan fingerprint density at radius 2 is 2.26 bits per heavy atom. The maximum Gasteiger partial charge on any atom is 0.270 e. The van der Waals surface area contributed by atoms with Gasteiger partial charge >= 0.3 is 0 Å². The SMILES string of the molecule is CNC(=O)c1csc(Nc2nc(O[C@H]3CCOC3)c3c(ccn3-c3cnn(C)c3)n2)n1. The predicted octanol–water partition coefficient (Wildman–Crippen LogP) is 1.88. The lowest BCUT2D eigenvalue weighted by atomic mass is 10.3. The maximum absolute atomic E-state index is 11.8. The molecular weight excluding hydrogens is 420 g/mol. The summed E-state index contributed by atoms with van der Waals surface area (Å²) in [6, 6.07) is 1.89. The molecule has 0 unspecified atom stereocenters. The third-order valence-electron chi connectivity index (χ3n) is 4.82. The van der Waals surface area contributed by atoms with Crippen LogP contribution in [0.5, 0.6) is 5.88 Å². The Kier molecular flexibility index (Phi) is 5.00. The van der Waals surface area contributed by atoms with Gasteiger partial charge in [-0.15, -0.1) is 11.3 Å². The lowest BCUT2D eigenvalue weighted by Gasteiger charge is -2.14. The van der Waals surface area contributed by atoms with Crippen LogP contribution in [0.4, 0.5) is 11.1 Å². The standard InChI is InChI=1S/C19H20N8O3S/c1-20-16(28)14-10-31-19(23-14)25-18-22-13-3-5-27(11-7-21-26(2)8-11)15(13)17(24-18)30-12-4-6-29-9-12/h3,5,7-8,10,12H,4,6,9H2,1-2H3,(H,20,28)(H,22,23,24,25)/t12-/m0/s1. The van der Waals surface area contributed by atoms with E-state index in [2.05, 4.69) is 30.7 Å². The van der Waals surface area contributed by atoms with Crippen LogP contribution in [0, 0.1) is 0 Å². The highest BCUT2D eigenvalue weighted by Crippen LogP contribution is 2.31. The predicted molar refractivity (Wildman–Crippen MR) is 114 cm³/mol. The second kappa shape index (κ2) is 7.96. The lowest BCUT2D eigenvalue weighted by Crippen LogP contribution is -2.18. The summed E-state index contributed by atoms with van der Waals surface area (Å²) < 4.78 is 15.3. The highest BCUT2D eigenvalue weighted by molar-refractivity contribution is 7.14. The first kappa shape index (κ1) is 19.5. The molecule has 4 aromatic rings. The Morgan fingerprint density at radius 3 is 3.00 bits per heavy atom. The second-order valence-electron chi connectivity index (χ2n) is 6.99. The molecule has 12 heteroatoms. The number of aryl methyl sites for hydroxylation is 1. The van der Waals surface area contributed by atoms with E-state index in [1.165, 1.54) is 11.3 Å². The smallest absolute Gasteiger partial charge is 0.270 e. The van der Waals surface area contributed by atoms with Crippen LogP contribution in [0.2, 0.25) is 0 Å². The Morgan fingerprint density at radius 1 is 1.35 bits per heavy atom. The normalized spacial score (nSPS) is 16.0. The number of amides is 1. The Balaban J connectivity index is 1.54. The molecule has 0 saturated carbocycles. The summed E-state index contributed by atoms with van der Waals surface area (Å²) in [5.74, 6) is 0.530. The van der Waals surface area contributed by atoms with E-state index < -0.39 is 0 Å². The van der Waals surface area contributed by atoms with Gasteiger partial charge in [-0.2, -0.15) is 10.1 Å². The number of nitrogens with one attached hydrogen (secondary N) is 2. The molecule has 0 radical (unpaired) electrons. The molecule has 1 atom stereocenters. The van der Waals surface area contributed by atoms with E-state index in [0.29, 0.717) is 41.4 Å². The zero-order valence-electron chi connectivity index (χ0n) is 16.9.